The molecule has 0 aliphatic carbocycles. The Labute approximate surface area is 123 Å². The molecule has 1 aromatic carbocycles. The van der Waals surface area contributed by atoms with Crippen molar-refractivity contribution in [3.8, 4) is 0 Å². The lowest BCUT2D eigenvalue weighted by Crippen LogP contribution is -2.43. The second-order valence-corrected chi connectivity index (χ2v) is 6.13. The van der Waals surface area contributed by atoms with E-state index in [2.05, 4.69) is 21.2 Å². The number of benzene rings is 1. The summed E-state index contributed by atoms with van der Waals surface area (Å²) in [6.45, 7) is 2.81. The highest BCUT2D eigenvalue weighted by molar-refractivity contribution is 9.10. The number of likely N-dealkylation sites (tertiary alicyclic amines) is 1. The number of carbonyl (C=O) groups excluding carboxylic acids is 1. The van der Waals surface area contributed by atoms with Crippen molar-refractivity contribution in [2.75, 3.05) is 26.7 Å². The van der Waals surface area contributed by atoms with Gasteiger partial charge in [0.25, 0.3) is 0 Å². The SMILES string of the molecule is CNCC1CCCN(C(=O)Cc2cccc(Br)c2)C1. The van der Waals surface area contributed by atoms with Crippen molar-refractivity contribution >= 4 is 21.8 Å². The molecule has 1 aliphatic heterocycles. The molecule has 0 spiro atoms. The van der Waals surface area contributed by atoms with Crippen LogP contribution in [-0.2, 0) is 11.2 Å². The first kappa shape index (κ1) is 14.5. The molecular formula is C15H21BrN2O. The van der Waals surface area contributed by atoms with Gasteiger partial charge in [-0.2, -0.15) is 0 Å². The van der Waals surface area contributed by atoms with E-state index >= 15 is 0 Å². The van der Waals surface area contributed by atoms with E-state index in [1.807, 2.05) is 36.2 Å². The molecule has 104 valence electrons. The van der Waals surface area contributed by atoms with Crippen LogP contribution in [-0.4, -0.2) is 37.5 Å². The monoisotopic (exact) mass is 324 g/mol. The van der Waals surface area contributed by atoms with Crippen LogP contribution in [0.2, 0.25) is 0 Å². The van der Waals surface area contributed by atoms with Gasteiger partial charge in [-0.1, -0.05) is 28.1 Å². The first-order valence-corrected chi connectivity index (χ1v) is 7.65. The summed E-state index contributed by atoms with van der Waals surface area (Å²) in [5, 5.41) is 3.21. The van der Waals surface area contributed by atoms with Gasteiger partial charge in [0.1, 0.15) is 0 Å². The Morgan fingerprint density at radius 1 is 1.53 bits per heavy atom. The lowest BCUT2D eigenvalue weighted by molar-refractivity contribution is -0.132. The van der Waals surface area contributed by atoms with Crippen LogP contribution in [0.3, 0.4) is 0 Å². The van der Waals surface area contributed by atoms with E-state index in [1.54, 1.807) is 0 Å². The Hall–Kier alpha value is -0.870. The number of hydrogen-bond acceptors (Lipinski definition) is 2. The van der Waals surface area contributed by atoms with Crippen LogP contribution in [0, 0.1) is 5.92 Å². The molecule has 1 saturated heterocycles. The summed E-state index contributed by atoms with van der Waals surface area (Å²) >= 11 is 3.45. The van der Waals surface area contributed by atoms with Crippen molar-refractivity contribution in [3.63, 3.8) is 0 Å². The van der Waals surface area contributed by atoms with E-state index in [9.17, 15) is 4.79 Å². The molecule has 1 heterocycles. The lowest BCUT2D eigenvalue weighted by atomic mass is 9.97. The minimum atomic E-state index is 0.249. The molecular weight excluding hydrogens is 304 g/mol. The highest BCUT2D eigenvalue weighted by atomic mass is 79.9. The number of carbonyl (C=O) groups is 1. The molecule has 3 nitrogen and oxygen atoms in total. The molecule has 0 radical (unpaired) electrons. The second kappa shape index (κ2) is 7.06. The molecule has 1 unspecified atom stereocenters. The van der Waals surface area contributed by atoms with Gasteiger partial charge in [0.15, 0.2) is 0 Å². The van der Waals surface area contributed by atoms with E-state index in [4.69, 9.17) is 0 Å². The Kier molecular flexibility index (Phi) is 5.40. The highest BCUT2D eigenvalue weighted by Gasteiger charge is 2.23. The van der Waals surface area contributed by atoms with Crippen molar-refractivity contribution in [2.45, 2.75) is 19.3 Å². The Morgan fingerprint density at radius 3 is 3.11 bits per heavy atom. The maximum Gasteiger partial charge on any atom is 0.226 e. The topological polar surface area (TPSA) is 32.3 Å². The normalized spacial score (nSPS) is 19.5. The maximum absolute atomic E-state index is 12.3. The van der Waals surface area contributed by atoms with Crippen LogP contribution in [0.1, 0.15) is 18.4 Å². The van der Waals surface area contributed by atoms with Crippen LogP contribution in [0.25, 0.3) is 0 Å². The zero-order valence-corrected chi connectivity index (χ0v) is 12.9. The van der Waals surface area contributed by atoms with Crippen LogP contribution in [0.15, 0.2) is 28.7 Å². The van der Waals surface area contributed by atoms with Gasteiger partial charge >= 0.3 is 0 Å². The van der Waals surface area contributed by atoms with Crippen LogP contribution < -0.4 is 5.32 Å². The third-order valence-corrected chi connectivity index (χ3v) is 4.10. The number of nitrogens with zero attached hydrogens (tertiary/aromatic N) is 1. The summed E-state index contributed by atoms with van der Waals surface area (Å²) in [5.41, 5.74) is 1.08. The molecule has 1 N–H and O–H groups in total. The molecule has 1 aromatic rings. The smallest absolute Gasteiger partial charge is 0.226 e. The summed E-state index contributed by atoms with van der Waals surface area (Å²) in [4.78, 5) is 14.3. The zero-order chi connectivity index (χ0) is 13.7. The molecule has 2 rings (SSSR count). The fraction of sp³-hybridized carbons (Fsp3) is 0.533. The second-order valence-electron chi connectivity index (χ2n) is 5.21. The van der Waals surface area contributed by atoms with E-state index in [0.717, 1.165) is 36.1 Å². The fourth-order valence-electron chi connectivity index (χ4n) is 2.68. The van der Waals surface area contributed by atoms with E-state index < -0.39 is 0 Å². The largest absolute Gasteiger partial charge is 0.342 e. The van der Waals surface area contributed by atoms with Gasteiger partial charge in [-0.25, -0.2) is 0 Å². The van der Waals surface area contributed by atoms with Crippen LogP contribution >= 0.6 is 15.9 Å². The molecule has 1 fully saturated rings. The third-order valence-electron chi connectivity index (χ3n) is 3.61. The summed E-state index contributed by atoms with van der Waals surface area (Å²) in [6, 6.07) is 8.00. The molecule has 19 heavy (non-hydrogen) atoms. The average Bonchev–Trinajstić information content (AvgIpc) is 2.39. The highest BCUT2D eigenvalue weighted by Crippen LogP contribution is 2.18. The summed E-state index contributed by atoms with van der Waals surface area (Å²) < 4.78 is 1.03. The van der Waals surface area contributed by atoms with Crippen LogP contribution in [0.5, 0.6) is 0 Å². The van der Waals surface area contributed by atoms with E-state index in [1.165, 1.54) is 6.42 Å². The Balaban J connectivity index is 1.92. The van der Waals surface area contributed by atoms with E-state index in [0.29, 0.717) is 12.3 Å². The number of rotatable bonds is 4. The molecule has 0 saturated carbocycles. The minimum absolute atomic E-state index is 0.249. The Morgan fingerprint density at radius 2 is 2.37 bits per heavy atom. The van der Waals surface area contributed by atoms with Gasteiger partial charge < -0.3 is 10.2 Å². The van der Waals surface area contributed by atoms with Crippen molar-refractivity contribution in [3.05, 3.63) is 34.3 Å². The standard InChI is InChI=1S/C15H21BrN2O/c1-17-10-13-5-3-7-18(11-13)15(19)9-12-4-2-6-14(16)8-12/h2,4,6,8,13,17H,3,5,7,9-11H2,1H3. The molecule has 4 heteroatoms. The maximum atomic E-state index is 12.3. The third kappa shape index (κ3) is 4.32. The predicted octanol–water partition coefficient (Wildman–Crippen LogP) is 2.45. The lowest BCUT2D eigenvalue weighted by Gasteiger charge is -2.32. The van der Waals surface area contributed by atoms with Gasteiger partial charge in [0.05, 0.1) is 6.42 Å². The van der Waals surface area contributed by atoms with Crippen molar-refractivity contribution < 1.29 is 4.79 Å². The van der Waals surface area contributed by atoms with Crippen LogP contribution in [0.4, 0.5) is 0 Å². The number of amides is 1. The first-order chi connectivity index (χ1) is 9.19. The minimum Gasteiger partial charge on any atom is -0.342 e. The number of piperidine rings is 1. The Bertz CT molecular complexity index is 434. The summed E-state index contributed by atoms with van der Waals surface area (Å²) in [6.07, 6.45) is 2.85. The molecule has 1 amide bonds. The number of nitrogens with one attached hydrogen (secondary N) is 1. The zero-order valence-electron chi connectivity index (χ0n) is 11.4. The molecule has 1 aliphatic rings. The number of hydrogen-bond donors (Lipinski definition) is 1. The van der Waals surface area contributed by atoms with Gasteiger partial charge in [-0.05, 0) is 50.0 Å². The molecule has 1 atom stereocenters. The molecule has 0 aromatic heterocycles. The predicted molar refractivity (Wildman–Crippen MR) is 81.1 cm³/mol. The van der Waals surface area contributed by atoms with E-state index in [-0.39, 0.29) is 5.91 Å². The quantitative estimate of drug-likeness (QED) is 0.922. The van der Waals surface area contributed by atoms with Gasteiger partial charge in [-0.3, -0.25) is 4.79 Å². The fourth-order valence-corrected chi connectivity index (χ4v) is 3.13. The first-order valence-electron chi connectivity index (χ1n) is 6.86. The van der Waals surface area contributed by atoms with Gasteiger partial charge in [0, 0.05) is 17.6 Å². The summed E-state index contributed by atoms with van der Waals surface area (Å²) in [7, 11) is 1.97. The van der Waals surface area contributed by atoms with Gasteiger partial charge in [0.2, 0.25) is 5.91 Å². The van der Waals surface area contributed by atoms with Gasteiger partial charge in [-0.15, -0.1) is 0 Å². The number of halogens is 1. The van der Waals surface area contributed by atoms with Crippen molar-refractivity contribution in [1.82, 2.24) is 10.2 Å². The van der Waals surface area contributed by atoms with Crippen molar-refractivity contribution in [1.29, 1.82) is 0 Å². The average molecular weight is 325 g/mol. The van der Waals surface area contributed by atoms with Crippen molar-refractivity contribution in [2.24, 2.45) is 5.92 Å². The molecule has 0 bridgehead atoms. The summed E-state index contributed by atoms with van der Waals surface area (Å²) in [5.74, 6) is 0.851.